The number of nitrogens with one attached hydrogen (secondary N) is 3. The molecule has 3 rings (SSSR count). The second-order valence-corrected chi connectivity index (χ2v) is 9.49. The molecule has 0 saturated heterocycles. The van der Waals surface area contributed by atoms with Gasteiger partial charge in [-0.15, -0.1) is 0 Å². The molecule has 1 aromatic carbocycles. The van der Waals surface area contributed by atoms with E-state index in [4.69, 9.17) is 4.84 Å². The summed E-state index contributed by atoms with van der Waals surface area (Å²) in [5.74, 6) is 1.04. The lowest BCUT2D eigenvalue weighted by molar-refractivity contribution is 0.0537. The second kappa shape index (κ2) is 11.6. The highest BCUT2D eigenvalue weighted by Crippen LogP contribution is 2.23. The van der Waals surface area contributed by atoms with Gasteiger partial charge in [0, 0.05) is 49.7 Å². The van der Waals surface area contributed by atoms with E-state index in [-0.39, 0.29) is 11.3 Å². The number of rotatable bonds is 10. The molecule has 0 spiro atoms. The number of benzene rings is 1. The Morgan fingerprint density at radius 1 is 1.09 bits per heavy atom. The van der Waals surface area contributed by atoms with E-state index in [1.54, 1.807) is 18.3 Å². The number of hydrogen-bond donors (Lipinski definition) is 3. The van der Waals surface area contributed by atoms with E-state index in [1.807, 2.05) is 43.1 Å². The summed E-state index contributed by atoms with van der Waals surface area (Å²) in [4.78, 5) is 37.2. The van der Waals surface area contributed by atoms with Gasteiger partial charge in [-0.05, 0) is 42.2 Å². The summed E-state index contributed by atoms with van der Waals surface area (Å²) in [7, 11) is 3.36. The number of pyridine rings is 1. The Morgan fingerprint density at radius 2 is 1.86 bits per heavy atom. The molecule has 0 aliphatic heterocycles. The molecule has 0 atom stereocenters. The lowest BCUT2D eigenvalue weighted by Gasteiger charge is -2.27. The van der Waals surface area contributed by atoms with Crippen LogP contribution in [0.2, 0.25) is 0 Å². The first-order chi connectivity index (χ1) is 16.6. The number of anilines is 4. The molecule has 3 N–H and O–H groups in total. The molecule has 0 unspecified atom stereocenters. The Morgan fingerprint density at radius 3 is 2.54 bits per heavy atom. The number of carbonyl (C=O) groups is 1. The summed E-state index contributed by atoms with van der Waals surface area (Å²) in [6, 6.07) is 11.2. The van der Waals surface area contributed by atoms with E-state index in [0.717, 1.165) is 24.2 Å². The highest BCUT2D eigenvalue weighted by atomic mass is 16.6. The Labute approximate surface area is 206 Å². The van der Waals surface area contributed by atoms with Crippen molar-refractivity contribution in [2.75, 3.05) is 42.8 Å². The predicted molar refractivity (Wildman–Crippen MR) is 138 cm³/mol. The summed E-state index contributed by atoms with van der Waals surface area (Å²) in [6.45, 7) is 9.81. The van der Waals surface area contributed by atoms with Crippen molar-refractivity contribution in [2.45, 2.75) is 34.1 Å². The molecule has 0 saturated carbocycles. The zero-order valence-electron chi connectivity index (χ0n) is 21.2. The molecule has 0 bridgehead atoms. The topological polar surface area (TPSA) is 117 Å². The fourth-order valence-corrected chi connectivity index (χ4v) is 3.47. The van der Waals surface area contributed by atoms with E-state index in [2.05, 4.69) is 56.8 Å². The van der Waals surface area contributed by atoms with Crippen LogP contribution < -0.4 is 21.0 Å². The van der Waals surface area contributed by atoms with Gasteiger partial charge in [-0.25, -0.2) is 5.48 Å². The monoisotopic (exact) mass is 478 g/mol. The fourth-order valence-electron chi connectivity index (χ4n) is 3.47. The normalized spacial score (nSPS) is 11.1. The van der Waals surface area contributed by atoms with Gasteiger partial charge < -0.3 is 15.5 Å². The largest absolute Gasteiger partial charge is 0.354 e. The molecule has 35 heavy (non-hydrogen) atoms. The van der Waals surface area contributed by atoms with Gasteiger partial charge in [0.1, 0.15) is 0 Å². The summed E-state index contributed by atoms with van der Waals surface area (Å²) in [5, 5.41) is 6.54. The Balaban J connectivity index is 1.86. The number of aromatic nitrogens is 4. The SMILES string of the molecule is CONC(=O)c1ccc(C)c(Nc2nc(NCCc3ccccn3)nc(N(C)CC(C)(C)C)n2)c1. The van der Waals surface area contributed by atoms with Crippen LogP contribution in [0.5, 0.6) is 0 Å². The molecular formula is C25H34N8O2. The van der Waals surface area contributed by atoms with Gasteiger partial charge in [0.05, 0.1) is 7.11 Å². The maximum atomic E-state index is 12.2. The van der Waals surface area contributed by atoms with E-state index in [9.17, 15) is 4.79 Å². The zero-order valence-corrected chi connectivity index (χ0v) is 21.2. The van der Waals surface area contributed by atoms with E-state index < -0.39 is 0 Å². The van der Waals surface area contributed by atoms with Crippen molar-refractivity contribution >= 4 is 29.4 Å². The van der Waals surface area contributed by atoms with Crippen molar-refractivity contribution in [3.63, 3.8) is 0 Å². The third-order valence-electron chi connectivity index (χ3n) is 5.01. The smallest absolute Gasteiger partial charge is 0.274 e. The predicted octanol–water partition coefficient (Wildman–Crippen LogP) is 3.75. The third-order valence-corrected chi connectivity index (χ3v) is 5.01. The van der Waals surface area contributed by atoms with Crippen LogP contribution in [-0.4, -0.2) is 53.1 Å². The van der Waals surface area contributed by atoms with Crippen molar-refractivity contribution in [3.05, 3.63) is 59.4 Å². The van der Waals surface area contributed by atoms with Crippen molar-refractivity contribution in [1.29, 1.82) is 0 Å². The maximum absolute atomic E-state index is 12.2. The van der Waals surface area contributed by atoms with Crippen molar-refractivity contribution in [2.24, 2.45) is 5.41 Å². The quantitative estimate of drug-likeness (QED) is 0.375. The van der Waals surface area contributed by atoms with Gasteiger partial charge in [0.2, 0.25) is 17.8 Å². The zero-order chi connectivity index (χ0) is 25.4. The van der Waals surface area contributed by atoms with Crippen LogP contribution in [0.3, 0.4) is 0 Å². The van der Waals surface area contributed by atoms with Gasteiger partial charge in [0.25, 0.3) is 5.91 Å². The van der Waals surface area contributed by atoms with E-state index >= 15 is 0 Å². The Hall–Kier alpha value is -3.79. The number of aryl methyl sites for hydroxylation is 1. The molecule has 10 nitrogen and oxygen atoms in total. The van der Waals surface area contributed by atoms with Crippen LogP contribution in [0.4, 0.5) is 23.5 Å². The molecule has 0 fully saturated rings. The lowest BCUT2D eigenvalue weighted by Crippen LogP contribution is -2.31. The van der Waals surface area contributed by atoms with Crippen molar-refractivity contribution in [3.8, 4) is 0 Å². The average molecular weight is 479 g/mol. The second-order valence-electron chi connectivity index (χ2n) is 9.49. The number of carbonyl (C=O) groups excluding carboxylic acids is 1. The first-order valence-electron chi connectivity index (χ1n) is 11.5. The number of hydrogen-bond acceptors (Lipinski definition) is 9. The minimum absolute atomic E-state index is 0.0567. The number of hydroxylamine groups is 1. The van der Waals surface area contributed by atoms with E-state index in [1.165, 1.54) is 7.11 Å². The Kier molecular flexibility index (Phi) is 8.53. The number of amides is 1. The molecule has 0 radical (unpaired) electrons. The van der Waals surface area contributed by atoms with Gasteiger partial charge in [-0.3, -0.25) is 14.6 Å². The lowest BCUT2D eigenvalue weighted by atomic mass is 9.96. The highest BCUT2D eigenvalue weighted by molar-refractivity contribution is 5.94. The van der Waals surface area contributed by atoms with Crippen LogP contribution in [-0.2, 0) is 11.3 Å². The molecule has 10 heteroatoms. The van der Waals surface area contributed by atoms with Crippen LogP contribution in [0.1, 0.15) is 42.4 Å². The van der Waals surface area contributed by atoms with Crippen LogP contribution in [0.15, 0.2) is 42.6 Å². The summed E-state index contributed by atoms with van der Waals surface area (Å²) in [6.07, 6.45) is 2.52. The average Bonchev–Trinajstić information content (AvgIpc) is 2.80. The first kappa shape index (κ1) is 25.8. The molecule has 3 aromatic rings. The highest BCUT2D eigenvalue weighted by Gasteiger charge is 2.18. The van der Waals surface area contributed by atoms with Crippen LogP contribution in [0, 0.1) is 12.3 Å². The van der Waals surface area contributed by atoms with Gasteiger partial charge in [-0.1, -0.05) is 32.9 Å². The van der Waals surface area contributed by atoms with Crippen LogP contribution >= 0.6 is 0 Å². The summed E-state index contributed by atoms with van der Waals surface area (Å²) < 4.78 is 0. The van der Waals surface area contributed by atoms with Gasteiger partial charge >= 0.3 is 0 Å². The molecule has 186 valence electrons. The fraction of sp³-hybridized carbons (Fsp3) is 0.400. The molecular weight excluding hydrogens is 444 g/mol. The minimum Gasteiger partial charge on any atom is -0.354 e. The van der Waals surface area contributed by atoms with Gasteiger partial charge in [0.15, 0.2) is 0 Å². The molecule has 0 aliphatic rings. The molecule has 1 amide bonds. The molecule has 2 aromatic heterocycles. The van der Waals surface area contributed by atoms with E-state index in [0.29, 0.717) is 35.6 Å². The molecule has 2 heterocycles. The molecule has 0 aliphatic carbocycles. The maximum Gasteiger partial charge on any atom is 0.274 e. The Bertz CT molecular complexity index is 1130. The minimum atomic E-state index is -0.339. The number of nitrogens with zero attached hydrogens (tertiary/aromatic N) is 5. The van der Waals surface area contributed by atoms with Crippen molar-refractivity contribution < 1.29 is 9.63 Å². The summed E-state index contributed by atoms with van der Waals surface area (Å²) in [5.41, 5.74) is 5.48. The first-order valence-corrected chi connectivity index (χ1v) is 11.5. The van der Waals surface area contributed by atoms with Gasteiger partial charge in [-0.2, -0.15) is 15.0 Å². The standard InChI is InChI=1S/C25H34N8O2/c1-17-10-11-18(21(34)32-35-6)15-20(17)28-23-29-22(27-14-12-19-9-7-8-13-26-19)30-24(31-23)33(5)16-25(2,3)4/h7-11,13,15H,12,14,16H2,1-6H3,(H,32,34)(H2,27,28,29,30,31). The summed E-state index contributed by atoms with van der Waals surface area (Å²) >= 11 is 0. The third kappa shape index (κ3) is 7.89. The van der Waals surface area contributed by atoms with Crippen LogP contribution in [0.25, 0.3) is 0 Å². The van der Waals surface area contributed by atoms with Crippen molar-refractivity contribution in [1.82, 2.24) is 25.4 Å².